The monoisotopic (exact) mass is 424 g/mol. The molecule has 0 unspecified atom stereocenters. The molecule has 0 N–H and O–H groups in total. The molecule has 32 heavy (non-hydrogen) atoms. The minimum atomic E-state index is -0.645. The van der Waals surface area contributed by atoms with E-state index >= 15 is 0 Å². The van der Waals surface area contributed by atoms with Crippen LogP contribution in [-0.2, 0) is 11.3 Å². The maximum absolute atomic E-state index is 13.5. The van der Waals surface area contributed by atoms with Gasteiger partial charge in [0.1, 0.15) is 5.56 Å². The fraction of sp³-hybridized carbons (Fsp3) is 0.148. The van der Waals surface area contributed by atoms with Gasteiger partial charge in [-0.25, -0.2) is 9.48 Å². The van der Waals surface area contributed by atoms with Gasteiger partial charge in [0, 0.05) is 11.1 Å². The van der Waals surface area contributed by atoms with Gasteiger partial charge >= 0.3 is 5.97 Å². The average molecular weight is 425 g/mol. The molecule has 0 fully saturated rings. The highest BCUT2D eigenvalue weighted by Gasteiger charge is 2.26. The minimum absolute atomic E-state index is 0.000912. The molecule has 0 amide bonds. The molecular weight excluding hydrogens is 400 g/mol. The Kier molecular flexibility index (Phi) is 6.26. The van der Waals surface area contributed by atoms with Crippen molar-refractivity contribution in [2.24, 2.45) is 0 Å². The van der Waals surface area contributed by atoms with Crippen LogP contribution in [0, 0.1) is 6.92 Å². The second-order valence-electron chi connectivity index (χ2n) is 7.50. The Balaban J connectivity index is 2.01. The van der Waals surface area contributed by atoms with Crippen molar-refractivity contribution in [1.29, 1.82) is 0 Å². The van der Waals surface area contributed by atoms with Crippen molar-refractivity contribution in [1.82, 2.24) is 9.78 Å². The van der Waals surface area contributed by atoms with E-state index in [1.807, 2.05) is 91.9 Å². The van der Waals surface area contributed by atoms with Gasteiger partial charge in [-0.05, 0) is 25.0 Å². The number of aromatic nitrogens is 2. The lowest BCUT2D eigenvalue weighted by atomic mass is 9.95. The predicted octanol–water partition coefficient (Wildman–Crippen LogP) is 5.11. The van der Waals surface area contributed by atoms with Crippen molar-refractivity contribution in [3.05, 3.63) is 112 Å². The highest BCUT2D eigenvalue weighted by molar-refractivity contribution is 6.00. The van der Waals surface area contributed by atoms with E-state index in [-0.39, 0.29) is 18.7 Å². The molecule has 0 spiro atoms. The number of carbonyl (C=O) groups is 1. The Bertz CT molecular complexity index is 1280. The van der Waals surface area contributed by atoms with Crippen molar-refractivity contribution in [3.8, 4) is 22.4 Å². The molecule has 0 bridgehead atoms. The first-order valence-corrected chi connectivity index (χ1v) is 10.6. The lowest BCUT2D eigenvalue weighted by molar-refractivity contribution is 0.0524. The van der Waals surface area contributed by atoms with E-state index in [9.17, 15) is 9.59 Å². The van der Waals surface area contributed by atoms with E-state index in [0.29, 0.717) is 11.3 Å². The van der Waals surface area contributed by atoms with Crippen molar-refractivity contribution < 1.29 is 9.53 Å². The first-order valence-electron chi connectivity index (χ1n) is 10.6. The second-order valence-corrected chi connectivity index (χ2v) is 7.50. The summed E-state index contributed by atoms with van der Waals surface area (Å²) < 4.78 is 6.66. The molecule has 4 rings (SSSR count). The maximum atomic E-state index is 13.5. The van der Waals surface area contributed by atoms with E-state index in [4.69, 9.17) is 9.84 Å². The third-order valence-electron chi connectivity index (χ3n) is 5.20. The van der Waals surface area contributed by atoms with E-state index in [1.165, 1.54) is 4.68 Å². The quantitative estimate of drug-likeness (QED) is 0.404. The molecule has 1 aromatic heterocycles. The van der Waals surface area contributed by atoms with Crippen LogP contribution in [0.4, 0.5) is 0 Å². The number of esters is 1. The van der Waals surface area contributed by atoms with Gasteiger partial charge in [0.15, 0.2) is 0 Å². The molecule has 0 aliphatic carbocycles. The smallest absolute Gasteiger partial charge is 0.344 e. The summed E-state index contributed by atoms with van der Waals surface area (Å²) in [4.78, 5) is 26.6. The lowest BCUT2D eigenvalue weighted by Crippen LogP contribution is -2.31. The SMILES string of the molecule is CCOC(=O)c1c(-c2ccccc2)c(-c2ccccc2)nn(Cc2ccc(C)cc2)c1=O. The van der Waals surface area contributed by atoms with Crippen LogP contribution < -0.4 is 5.56 Å². The van der Waals surface area contributed by atoms with Crippen LogP contribution in [0.1, 0.15) is 28.4 Å². The number of carbonyl (C=O) groups excluding carboxylic acids is 1. The molecule has 0 saturated carbocycles. The number of nitrogens with zero attached hydrogens (tertiary/aromatic N) is 2. The van der Waals surface area contributed by atoms with Crippen molar-refractivity contribution >= 4 is 5.97 Å². The molecule has 0 radical (unpaired) electrons. The summed E-state index contributed by atoms with van der Waals surface area (Å²) in [6.45, 7) is 4.16. The van der Waals surface area contributed by atoms with E-state index in [2.05, 4.69) is 0 Å². The molecular formula is C27H24N2O3. The topological polar surface area (TPSA) is 61.2 Å². The zero-order chi connectivity index (χ0) is 22.5. The number of rotatable bonds is 6. The summed E-state index contributed by atoms with van der Waals surface area (Å²) in [5, 5.41) is 4.74. The molecule has 5 heteroatoms. The summed E-state index contributed by atoms with van der Waals surface area (Å²) in [7, 11) is 0. The molecule has 0 atom stereocenters. The Labute approximate surface area is 186 Å². The van der Waals surface area contributed by atoms with Gasteiger partial charge in [-0.1, -0.05) is 90.5 Å². The highest BCUT2D eigenvalue weighted by Crippen LogP contribution is 2.32. The number of hydrogen-bond acceptors (Lipinski definition) is 4. The second kappa shape index (κ2) is 9.43. The summed E-state index contributed by atoms with van der Waals surface area (Å²) in [5.41, 5.74) is 4.18. The van der Waals surface area contributed by atoms with Crippen LogP contribution >= 0.6 is 0 Å². The van der Waals surface area contributed by atoms with Gasteiger partial charge in [-0.2, -0.15) is 5.10 Å². The Morgan fingerprint density at radius 2 is 1.47 bits per heavy atom. The molecule has 0 aliphatic heterocycles. The third kappa shape index (κ3) is 4.37. The summed E-state index contributed by atoms with van der Waals surface area (Å²) in [6, 6.07) is 26.8. The highest BCUT2D eigenvalue weighted by atomic mass is 16.5. The van der Waals surface area contributed by atoms with E-state index < -0.39 is 11.5 Å². The van der Waals surface area contributed by atoms with Gasteiger partial charge in [0.05, 0.1) is 18.8 Å². The number of hydrogen-bond donors (Lipinski definition) is 0. The largest absolute Gasteiger partial charge is 0.462 e. The van der Waals surface area contributed by atoms with Gasteiger partial charge in [0.2, 0.25) is 0 Å². The minimum Gasteiger partial charge on any atom is -0.462 e. The van der Waals surface area contributed by atoms with E-state index in [0.717, 1.165) is 22.3 Å². The summed E-state index contributed by atoms with van der Waals surface area (Å²) >= 11 is 0. The van der Waals surface area contributed by atoms with Gasteiger partial charge in [-0.15, -0.1) is 0 Å². The molecule has 0 aliphatic rings. The van der Waals surface area contributed by atoms with Crippen LogP contribution in [0.5, 0.6) is 0 Å². The van der Waals surface area contributed by atoms with Gasteiger partial charge < -0.3 is 4.74 Å². The number of benzene rings is 3. The molecule has 0 saturated heterocycles. The van der Waals surface area contributed by atoms with Crippen molar-refractivity contribution in [2.45, 2.75) is 20.4 Å². The van der Waals surface area contributed by atoms with Crippen molar-refractivity contribution in [2.75, 3.05) is 6.61 Å². The molecule has 1 heterocycles. The van der Waals surface area contributed by atoms with E-state index in [1.54, 1.807) is 6.92 Å². The lowest BCUT2D eigenvalue weighted by Gasteiger charge is -2.17. The predicted molar refractivity (Wildman–Crippen MR) is 126 cm³/mol. The van der Waals surface area contributed by atoms with Crippen LogP contribution in [0.3, 0.4) is 0 Å². The Morgan fingerprint density at radius 1 is 0.875 bits per heavy atom. The molecule has 4 aromatic rings. The fourth-order valence-electron chi connectivity index (χ4n) is 3.62. The van der Waals surface area contributed by atoms with Crippen LogP contribution in [0.2, 0.25) is 0 Å². The Hall–Kier alpha value is -3.99. The third-order valence-corrected chi connectivity index (χ3v) is 5.20. The average Bonchev–Trinajstić information content (AvgIpc) is 2.82. The standard InChI is InChI=1S/C27H24N2O3/c1-3-32-27(31)24-23(21-10-6-4-7-11-21)25(22-12-8-5-9-13-22)28-29(26(24)30)18-20-16-14-19(2)15-17-20/h4-17H,3,18H2,1-2H3. The molecule has 5 nitrogen and oxygen atoms in total. The normalized spacial score (nSPS) is 10.7. The van der Waals surface area contributed by atoms with Crippen LogP contribution in [-0.4, -0.2) is 22.4 Å². The van der Waals surface area contributed by atoms with Crippen LogP contribution in [0.25, 0.3) is 22.4 Å². The van der Waals surface area contributed by atoms with Gasteiger partial charge in [0.25, 0.3) is 5.56 Å². The maximum Gasteiger partial charge on any atom is 0.344 e. The van der Waals surface area contributed by atoms with Crippen LogP contribution in [0.15, 0.2) is 89.7 Å². The number of aryl methyl sites for hydroxylation is 1. The zero-order valence-electron chi connectivity index (χ0n) is 18.1. The van der Waals surface area contributed by atoms with Gasteiger partial charge in [-0.3, -0.25) is 4.79 Å². The first kappa shape index (κ1) is 21.2. The molecule has 160 valence electrons. The fourth-order valence-corrected chi connectivity index (χ4v) is 3.62. The molecule has 3 aromatic carbocycles. The Morgan fingerprint density at radius 3 is 2.06 bits per heavy atom. The summed E-state index contributed by atoms with van der Waals surface area (Å²) in [6.07, 6.45) is 0. The first-order chi connectivity index (χ1) is 15.6. The zero-order valence-corrected chi connectivity index (χ0v) is 18.1. The number of ether oxygens (including phenoxy) is 1. The van der Waals surface area contributed by atoms with Crippen molar-refractivity contribution in [3.63, 3.8) is 0 Å². The summed E-state index contributed by atoms with van der Waals surface area (Å²) in [5.74, 6) is -0.645.